The molecule has 2 aromatic rings. The number of hydrogen-bond donors (Lipinski definition) is 1. The van der Waals surface area contributed by atoms with Crippen molar-refractivity contribution >= 4 is 5.82 Å². The predicted octanol–water partition coefficient (Wildman–Crippen LogP) is 3.79. The van der Waals surface area contributed by atoms with Gasteiger partial charge in [0.1, 0.15) is 12.1 Å². The van der Waals surface area contributed by atoms with Crippen LogP contribution in [0.2, 0.25) is 0 Å². The first-order valence-corrected chi connectivity index (χ1v) is 7.15. The molecular formula is C16H22N4. The van der Waals surface area contributed by atoms with E-state index in [0.717, 1.165) is 41.3 Å². The summed E-state index contributed by atoms with van der Waals surface area (Å²) in [5, 5.41) is 3.39. The number of aryl methyl sites for hydroxylation is 1. The fourth-order valence-corrected chi connectivity index (χ4v) is 2.16. The second kappa shape index (κ2) is 6.46. The molecule has 0 unspecified atom stereocenters. The van der Waals surface area contributed by atoms with Crippen molar-refractivity contribution < 1.29 is 0 Å². The fraction of sp³-hybridized carbons (Fsp3) is 0.438. The minimum Gasteiger partial charge on any atom is -0.370 e. The molecule has 0 aliphatic heterocycles. The second-order valence-electron chi connectivity index (χ2n) is 5.25. The maximum Gasteiger partial charge on any atom is 0.133 e. The van der Waals surface area contributed by atoms with E-state index >= 15 is 0 Å². The average molecular weight is 270 g/mol. The highest BCUT2D eigenvalue weighted by molar-refractivity contribution is 5.68. The molecule has 0 aliphatic rings. The number of aromatic nitrogens is 3. The van der Waals surface area contributed by atoms with E-state index in [1.54, 1.807) is 6.33 Å². The van der Waals surface area contributed by atoms with Gasteiger partial charge in [-0.25, -0.2) is 9.97 Å². The zero-order valence-corrected chi connectivity index (χ0v) is 12.6. The SMILES string of the molecule is CCCNc1ncnc(-c2ccc(C)nc2)c1C(C)C. The van der Waals surface area contributed by atoms with Crippen LogP contribution in [0, 0.1) is 6.92 Å². The molecule has 2 rings (SSSR count). The van der Waals surface area contributed by atoms with E-state index in [9.17, 15) is 0 Å². The molecule has 0 spiro atoms. The van der Waals surface area contributed by atoms with E-state index in [2.05, 4.69) is 47.1 Å². The molecule has 1 N–H and O–H groups in total. The zero-order valence-electron chi connectivity index (χ0n) is 12.6. The molecule has 20 heavy (non-hydrogen) atoms. The topological polar surface area (TPSA) is 50.7 Å². The van der Waals surface area contributed by atoms with Crippen molar-refractivity contribution in [2.45, 2.75) is 40.0 Å². The lowest BCUT2D eigenvalue weighted by atomic mass is 9.98. The Balaban J connectivity index is 2.49. The molecule has 0 atom stereocenters. The Labute approximate surface area is 120 Å². The molecule has 0 aliphatic carbocycles. The van der Waals surface area contributed by atoms with Crippen LogP contribution >= 0.6 is 0 Å². The summed E-state index contributed by atoms with van der Waals surface area (Å²) in [6.45, 7) is 9.39. The Morgan fingerprint density at radius 2 is 1.95 bits per heavy atom. The quantitative estimate of drug-likeness (QED) is 0.898. The number of nitrogens with zero attached hydrogens (tertiary/aromatic N) is 3. The molecule has 4 nitrogen and oxygen atoms in total. The number of pyridine rings is 1. The maximum atomic E-state index is 4.48. The van der Waals surface area contributed by atoms with Crippen molar-refractivity contribution in [2.24, 2.45) is 0 Å². The third-order valence-electron chi connectivity index (χ3n) is 3.19. The first kappa shape index (κ1) is 14.4. The highest BCUT2D eigenvalue weighted by Crippen LogP contribution is 2.31. The van der Waals surface area contributed by atoms with E-state index in [0.29, 0.717) is 5.92 Å². The van der Waals surface area contributed by atoms with E-state index in [1.807, 2.05) is 19.2 Å². The molecule has 0 fully saturated rings. The molecule has 2 heterocycles. The largest absolute Gasteiger partial charge is 0.370 e. The van der Waals surface area contributed by atoms with Gasteiger partial charge < -0.3 is 5.32 Å². The number of rotatable bonds is 5. The molecule has 0 amide bonds. The summed E-state index contributed by atoms with van der Waals surface area (Å²) >= 11 is 0. The van der Waals surface area contributed by atoms with Gasteiger partial charge in [0.05, 0.1) is 5.69 Å². The lowest BCUT2D eigenvalue weighted by Gasteiger charge is -2.16. The van der Waals surface area contributed by atoms with Crippen molar-refractivity contribution in [1.82, 2.24) is 15.0 Å². The van der Waals surface area contributed by atoms with Crippen LogP contribution < -0.4 is 5.32 Å². The first-order valence-electron chi connectivity index (χ1n) is 7.15. The molecule has 0 bridgehead atoms. The van der Waals surface area contributed by atoms with Crippen LogP contribution in [-0.4, -0.2) is 21.5 Å². The Morgan fingerprint density at radius 1 is 1.15 bits per heavy atom. The van der Waals surface area contributed by atoms with Gasteiger partial charge in [-0.3, -0.25) is 4.98 Å². The minimum atomic E-state index is 0.354. The molecule has 2 aromatic heterocycles. The molecular weight excluding hydrogens is 248 g/mol. The lowest BCUT2D eigenvalue weighted by Crippen LogP contribution is -2.09. The number of nitrogens with one attached hydrogen (secondary N) is 1. The monoisotopic (exact) mass is 270 g/mol. The Morgan fingerprint density at radius 3 is 2.55 bits per heavy atom. The Hall–Kier alpha value is -1.97. The fourth-order valence-electron chi connectivity index (χ4n) is 2.16. The van der Waals surface area contributed by atoms with E-state index in [-0.39, 0.29) is 0 Å². The van der Waals surface area contributed by atoms with Crippen molar-refractivity contribution in [2.75, 3.05) is 11.9 Å². The predicted molar refractivity (Wildman–Crippen MR) is 82.9 cm³/mol. The average Bonchev–Trinajstić information content (AvgIpc) is 2.45. The molecule has 106 valence electrons. The summed E-state index contributed by atoms with van der Waals surface area (Å²) in [6, 6.07) is 4.08. The van der Waals surface area contributed by atoms with Gasteiger partial charge in [0.2, 0.25) is 0 Å². The van der Waals surface area contributed by atoms with Crippen LogP contribution in [0.3, 0.4) is 0 Å². The standard InChI is InChI=1S/C16H22N4/c1-5-8-17-16-14(11(2)3)15(19-10-20-16)13-7-6-12(4)18-9-13/h6-7,9-11H,5,8H2,1-4H3,(H,17,19,20). The molecule has 0 saturated heterocycles. The smallest absolute Gasteiger partial charge is 0.133 e. The van der Waals surface area contributed by atoms with Crippen molar-refractivity contribution in [3.63, 3.8) is 0 Å². The third kappa shape index (κ3) is 3.13. The van der Waals surface area contributed by atoms with Crippen molar-refractivity contribution in [3.8, 4) is 11.3 Å². The van der Waals surface area contributed by atoms with Crippen molar-refractivity contribution in [3.05, 3.63) is 35.9 Å². The highest BCUT2D eigenvalue weighted by atomic mass is 15.0. The number of hydrogen-bond acceptors (Lipinski definition) is 4. The van der Waals surface area contributed by atoms with Gasteiger partial charge >= 0.3 is 0 Å². The molecule has 0 aromatic carbocycles. The van der Waals surface area contributed by atoms with Gasteiger partial charge in [0.15, 0.2) is 0 Å². The Bertz CT molecular complexity index is 561. The van der Waals surface area contributed by atoms with Gasteiger partial charge in [0, 0.05) is 29.6 Å². The summed E-state index contributed by atoms with van der Waals surface area (Å²) in [5.41, 5.74) is 4.19. The molecule has 4 heteroatoms. The second-order valence-corrected chi connectivity index (χ2v) is 5.25. The van der Waals surface area contributed by atoms with Crippen LogP contribution in [0.25, 0.3) is 11.3 Å². The van der Waals surface area contributed by atoms with E-state index in [4.69, 9.17) is 0 Å². The van der Waals surface area contributed by atoms with Crippen molar-refractivity contribution in [1.29, 1.82) is 0 Å². The van der Waals surface area contributed by atoms with Crippen LogP contribution in [0.4, 0.5) is 5.82 Å². The zero-order chi connectivity index (χ0) is 14.5. The lowest BCUT2D eigenvalue weighted by molar-refractivity contribution is 0.843. The summed E-state index contributed by atoms with van der Waals surface area (Å²) in [7, 11) is 0. The summed E-state index contributed by atoms with van der Waals surface area (Å²) < 4.78 is 0. The van der Waals surface area contributed by atoms with Crippen LogP contribution in [0.1, 0.15) is 44.4 Å². The maximum absolute atomic E-state index is 4.48. The highest BCUT2D eigenvalue weighted by Gasteiger charge is 2.16. The van der Waals surface area contributed by atoms with Gasteiger partial charge in [-0.15, -0.1) is 0 Å². The summed E-state index contributed by atoms with van der Waals surface area (Å²) in [4.78, 5) is 13.2. The van der Waals surface area contributed by atoms with Gasteiger partial charge in [0.25, 0.3) is 0 Å². The molecule has 0 radical (unpaired) electrons. The minimum absolute atomic E-state index is 0.354. The summed E-state index contributed by atoms with van der Waals surface area (Å²) in [6.07, 6.45) is 4.58. The van der Waals surface area contributed by atoms with Gasteiger partial charge in [-0.1, -0.05) is 20.8 Å². The van der Waals surface area contributed by atoms with Crippen LogP contribution in [0.5, 0.6) is 0 Å². The number of anilines is 1. The van der Waals surface area contributed by atoms with Gasteiger partial charge in [-0.2, -0.15) is 0 Å². The van der Waals surface area contributed by atoms with Gasteiger partial charge in [-0.05, 0) is 31.4 Å². The van der Waals surface area contributed by atoms with Crippen LogP contribution in [0.15, 0.2) is 24.7 Å². The first-order chi connectivity index (χ1) is 9.63. The third-order valence-corrected chi connectivity index (χ3v) is 3.19. The normalized spacial score (nSPS) is 10.8. The van der Waals surface area contributed by atoms with E-state index in [1.165, 1.54) is 0 Å². The van der Waals surface area contributed by atoms with Crippen LogP contribution in [-0.2, 0) is 0 Å². The Kier molecular flexibility index (Phi) is 4.66. The summed E-state index contributed by atoms with van der Waals surface area (Å²) in [5.74, 6) is 1.29. The van der Waals surface area contributed by atoms with E-state index < -0.39 is 0 Å². The molecule has 0 saturated carbocycles.